The number of alkyl carbamates (subject to hydrolysis) is 1. The number of nitrogens with one attached hydrogen (secondary N) is 2. The van der Waals surface area contributed by atoms with E-state index in [0.29, 0.717) is 17.5 Å². The molecule has 0 spiro atoms. The molecule has 38 heavy (non-hydrogen) atoms. The molecule has 0 radical (unpaired) electrons. The molecule has 1 rings (SSSR count). The largest absolute Gasteiger partial charge is 0.468 e. The molecule has 0 aromatic heterocycles. The van der Waals surface area contributed by atoms with E-state index in [-0.39, 0.29) is 12.8 Å². The van der Waals surface area contributed by atoms with Crippen LogP contribution in [0.1, 0.15) is 71.0 Å². The van der Waals surface area contributed by atoms with Gasteiger partial charge < -0.3 is 30.7 Å². The molecule has 0 aliphatic heterocycles. The number of benzene rings is 1. The SMILES string of the molecule is C#Cc1ccccc1C(C(=O)NCC(=O)OC)N(C(=O)C(CCC(N)=O)NC(=O)OC(C)(C)C)C(C)CC. The first-order chi connectivity index (χ1) is 17.7. The van der Waals surface area contributed by atoms with E-state index in [1.807, 2.05) is 6.92 Å². The lowest BCUT2D eigenvalue weighted by Crippen LogP contribution is -2.56. The number of hydrogen-bond donors (Lipinski definition) is 3. The van der Waals surface area contributed by atoms with Crippen LogP contribution < -0.4 is 16.4 Å². The fourth-order valence-corrected chi connectivity index (χ4v) is 3.58. The Morgan fingerprint density at radius 1 is 1.16 bits per heavy atom. The number of ether oxygens (including phenoxy) is 2. The number of primary amides is 1. The Bertz CT molecular complexity index is 1060. The fourth-order valence-electron chi connectivity index (χ4n) is 3.58. The molecule has 3 atom stereocenters. The molecule has 3 unspecified atom stereocenters. The summed E-state index contributed by atoms with van der Waals surface area (Å²) in [6, 6.07) is 3.54. The van der Waals surface area contributed by atoms with Crippen LogP contribution in [0.4, 0.5) is 4.79 Å². The van der Waals surface area contributed by atoms with E-state index in [1.54, 1.807) is 52.0 Å². The smallest absolute Gasteiger partial charge is 0.408 e. The summed E-state index contributed by atoms with van der Waals surface area (Å²) in [7, 11) is 1.18. The van der Waals surface area contributed by atoms with Crippen LogP contribution in [0.3, 0.4) is 0 Å². The summed E-state index contributed by atoms with van der Waals surface area (Å²) in [6.07, 6.45) is 4.91. The van der Waals surface area contributed by atoms with Gasteiger partial charge in [-0.1, -0.05) is 31.0 Å². The topological polar surface area (TPSA) is 157 Å². The van der Waals surface area contributed by atoms with Gasteiger partial charge in [-0.3, -0.25) is 19.2 Å². The van der Waals surface area contributed by atoms with Crippen molar-refractivity contribution in [2.45, 2.75) is 77.6 Å². The first kappa shape index (κ1) is 32.0. The van der Waals surface area contributed by atoms with Crippen molar-refractivity contribution in [3.63, 3.8) is 0 Å². The molecule has 11 nitrogen and oxygen atoms in total. The molecule has 4 N–H and O–H groups in total. The number of nitrogens with two attached hydrogens (primary N) is 1. The van der Waals surface area contributed by atoms with Crippen LogP contribution in [0, 0.1) is 12.3 Å². The van der Waals surface area contributed by atoms with Crippen LogP contribution in [-0.2, 0) is 28.7 Å². The summed E-state index contributed by atoms with van der Waals surface area (Å²) in [4.78, 5) is 64.7. The standard InChI is InChI=1S/C27H38N4O7/c1-8-17(3)31(25(35)20(14-15-21(28)32)30-26(36)38-27(4,5)6)23(24(34)29-16-22(33)37-7)19-13-11-10-12-18(19)9-2/h2,10-13,17,20,23H,8,14-16H2,1,3-7H3,(H2,28,32)(H,29,34)(H,30,36). The van der Waals surface area contributed by atoms with Crippen molar-refractivity contribution in [2.75, 3.05) is 13.7 Å². The maximum Gasteiger partial charge on any atom is 0.408 e. The second kappa shape index (κ2) is 14.6. The summed E-state index contributed by atoms with van der Waals surface area (Å²) in [5.74, 6) is -0.172. The summed E-state index contributed by atoms with van der Waals surface area (Å²) < 4.78 is 9.92. The Morgan fingerprint density at radius 2 is 1.79 bits per heavy atom. The summed E-state index contributed by atoms with van der Waals surface area (Å²) >= 11 is 0. The minimum Gasteiger partial charge on any atom is -0.468 e. The lowest BCUT2D eigenvalue weighted by Gasteiger charge is -2.38. The van der Waals surface area contributed by atoms with Crippen molar-refractivity contribution in [1.82, 2.24) is 15.5 Å². The van der Waals surface area contributed by atoms with E-state index in [1.165, 1.54) is 12.0 Å². The first-order valence-corrected chi connectivity index (χ1v) is 12.3. The number of hydrogen-bond acceptors (Lipinski definition) is 7. The average molecular weight is 531 g/mol. The highest BCUT2D eigenvalue weighted by atomic mass is 16.6. The van der Waals surface area contributed by atoms with Crippen molar-refractivity contribution in [3.05, 3.63) is 35.4 Å². The second-order valence-electron chi connectivity index (χ2n) is 9.63. The Morgan fingerprint density at radius 3 is 2.32 bits per heavy atom. The van der Waals surface area contributed by atoms with Crippen molar-refractivity contribution in [2.24, 2.45) is 5.73 Å². The minimum atomic E-state index is -1.27. The van der Waals surface area contributed by atoms with E-state index >= 15 is 0 Å². The highest BCUT2D eigenvalue weighted by Gasteiger charge is 2.39. The average Bonchev–Trinajstić information content (AvgIpc) is 2.85. The third-order valence-corrected chi connectivity index (χ3v) is 5.56. The van der Waals surface area contributed by atoms with Gasteiger partial charge in [0.2, 0.25) is 17.7 Å². The number of carbonyl (C=O) groups excluding carboxylic acids is 5. The quantitative estimate of drug-likeness (QED) is 0.275. The van der Waals surface area contributed by atoms with Gasteiger partial charge in [0.05, 0.1) is 7.11 Å². The molecular weight excluding hydrogens is 492 g/mol. The lowest BCUT2D eigenvalue weighted by atomic mass is 9.95. The van der Waals surface area contributed by atoms with Gasteiger partial charge >= 0.3 is 12.1 Å². The molecular formula is C27H38N4O7. The van der Waals surface area contributed by atoms with Crippen molar-refractivity contribution in [3.8, 4) is 12.3 Å². The zero-order valence-corrected chi connectivity index (χ0v) is 22.8. The highest BCUT2D eigenvalue weighted by Crippen LogP contribution is 2.29. The van der Waals surface area contributed by atoms with Gasteiger partial charge in [-0.2, -0.15) is 0 Å². The molecule has 208 valence electrons. The second-order valence-corrected chi connectivity index (χ2v) is 9.63. The van der Waals surface area contributed by atoms with Gasteiger partial charge in [-0.05, 0) is 52.2 Å². The van der Waals surface area contributed by atoms with E-state index in [9.17, 15) is 24.0 Å². The molecule has 0 aliphatic carbocycles. The molecule has 11 heteroatoms. The van der Waals surface area contributed by atoms with Crippen LogP contribution >= 0.6 is 0 Å². The molecule has 0 heterocycles. The highest BCUT2D eigenvalue weighted by molar-refractivity contribution is 5.94. The van der Waals surface area contributed by atoms with Crippen LogP contribution in [0.25, 0.3) is 0 Å². The molecule has 4 amide bonds. The Hall–Kier alpha value is -4.07. The summed E-state index contributed by atoms with van der Waals surface area (Å²) in [6.45, 7) is 8.11. The van der Waals surface area contributed by atoms with Gasteiger partial charge in [0, 0.05) is 18.0 Å². The summed E-state index contributed by atoms with van der Waals surface area (Å²) in [5.41, 5.74) is 5.17. The van der Waals surface area contributed by atoms with Gasteiger partial charge in [-0.15, -0.1) is 6.42 Å². The molecule has 1 aromatic carbocycles. The number of nitrogens with zero attached hydrogens (tertiary/aromatic N) is 1. The molecule has 0 saturated heterocycles. The lowest BCUT2D eigenvalue weighted by molar-refractivity contribution is -0.146. The monoisotopic (exact) mass is 530 g/mol. The number of terminal acetylenes is 1. The Balaban J connectivity index is 3.62. The van der Waals surface area contributed by atoms with Crippen LogP contribution in [0.5, 0.6) is 0 Å². The number of esters is 1. The van der Waals surface area contributed by atoms with E-state index in [0.717, 1.165) is 0 Å². The van der Waals surface area contributed by atoms with Crippen molar-refractivity contribution < 1.29 is 33.4 Å². The minimum absolute atomic E-state index is 0.131. The van der Waals surface area contributed by atoms with E-state index in [2.05, 4.69) is 21.3 Å². The Kier molecular flexibility index (Phi) is 12.3. The zero-order chi connectivity index (χ0) is 29.0. The number of carbonyl (C=O) groups is 5. The maximum absolute atomic E-state index is 14.1. The third kappa shape index (κ3) is 9.76. The molecule has 0 bridgehead atoms. The number of amides is 4. The predicted molar refractivity (Wildman–Crippen MR) is 140 cm³/mol. The number of rotatable bonds is 12. The van der Waals surface area contributed by atoms with Gasteiger partial charge in [0.15, 0.2) is 0 Å². The fraction of sp³-hybridized carbons (Fsp3) is 0.519. The molecule has 1 aromatic rings. The molecule has 0 saturated carbocycles. The van der Waals surface area contributed by atoms with Crippen LogP contribution in [0.15, 0.2) is 24.3 Å². The van der Waals surface area contributed by atoms with Gasteiger partial charge in [0.25, 0.3) is 0 Å². The zero-order valence-electron chi connectivity index (χ0n) is 22.8. The maximum atomic E-state index is 14.1. The van der Waals surface area contributed by atoms with Gasteiger partial charge in [0.1, 0.15) is 24.2 Å². The number of methoxy groups -OCH3 is 1. The third-order valence-electron chi connectivity index (χ3n) is 5.56. The predicted octanol–water partition coefficient (Wildman–Crippen LogP) is 1.78. The molecule has 0 aliphatic rings. The normalized spacial score (nSPS) is 13.2. The van der Waals surface area contributed by atoms with Crippen molar-refractivity contribution in [1.29, 1.82) is 0 Å². The van der Waals surface area contributed by atoms with Crippen molar-refractivity contribution >= 4 is 29.8 Å². The summed E-state index contributed by atoms with van der Waals surface area (Å²) in [5, 5.41) is 5.01. The van der Waals surface area contributed by atoms with E-state index < -0.39 is 60.1 Å². The van der Waals surface area contributed by atoms with Crippen LogP contribution in [0.2, 0.25) is 0 Å². The van der Waals surface area contributed by atoms with Gasteiger partial charge in [-0.25, -0.2) is 4.79 Å². The van der Waals surface area contributed by atoms with E-state index in [4.69, 9.17) is 16.9 Å². The Labute approximate surface area is 223 Å². The van der Waals surface area contributed by atoms with Crippen LogP contribution in [-0.4, -0.2) is 66.0 Å². The first-order valence-electron chi connectivity index (χ1n) is 12.3. The molecule has 0 fully saturated rings.